The summed E-state index contributed by atoms with van der Waals surface area (Å²) in [5.74, 6) is 0. The largest absolute Gasteiger partial charge is 0.342 e. The minimum atomic E-state index is 0.651. The highest BCUT2D eigenvalue weighted by atomic mass is 32.1. The molecular formula is C13H23N3S. The van der Waals surface area contributed by atoms with E-state index in [2.05, 4.69) is 36.4 Å². The van der Waals surface area contributed by atoms with Crippen LogP contribution in [-0.4, -0.2) is 23.6 Å². The molecule has 0 aliphatic carbocycles. The Bertz CT molecular complexity index is 350. The van der Waals surface area contributed by atoms with Crippen molar-refractivity contribution in [2.24, 2.45) is 0 Å². The van der Waals surface area contributed by atoms with Crippen molar-refractivity contribution < 1.29 is 0 Å². The second-order valence-corrected chi connectivity index (χ2v) is 5.63. The van der Waals surface area contributed by atoms with Gasteiger partial charge in [0.05, 0.1) is 5.69 Å². The average molecular weight is 253 g/mol. The molecule has 0 bridgehead atoms. The molecule has 1 fully saturated rings. The molecule has 96 valence electrons. The Morgan fingerprint density at radius 1 is 1.47 bits per heavy atom. The maximum atomic E-state index is 4.76. The summed E-state index contributed by atoms with van der Waals surface area (Å²) in [4.78, 5) is 7.29. The summed E-state index contributed by atoms with van der Waals surface area (Å²) in [5, 5.41) is 6.74. The summed E-state index contributed by atoms with van der Waals surface area (Å²) in [7, 11) is 0. The molecule has 2 rings (SSSR count). The van der Waals surface area contributed by atoms with Crippen molar-refractivity contribution in [1.29, 1.82) is 0 Å². The van der Waals surface area contributed by atoms with Crippen molar-refractivity contribution in [2.75, 3.05) is 11.4 Å². The number of aromatic nitrogens is 1. The predicted octanol–water partition coefficient (Wildman–Crippen LogP) is 3.02. The zero-order chi connectivity index (χ0) is 12.3. The lowest BCUT2D eigenvalue weighted by Gasteiger charge is -2.27. The minimum absolute atomic E-state index is 0.651. The number of thiazole rings is 1. The number of nitrogens with one attached hydrogen (secondary N) is 1. The molecule has 2 unspecified atom stereocenters. The molecule has 1 aliphatic rings. The fraction of sp³-hybridized carbons (Fsp3) is 0.769. The molecule has 2 atom stereocenters. The zero-order valence-corrected chi connectivity index (χ0v) is 11.9. The highest BCUT2D eigenvalue weighted by Crippen LogP contribution is 2.33. The highest BCUT2D eigenvalue weighted by molar-refractivity contribution is 7.13. The lowest BCUT2D eigenvalue weighted by atomic mass is 10.2. The number of hydrogen-bond acceptors (Lipinski definition) is 4. The third kappa shape index (κ3) is 2.80. The molecule has 0 amide bonds. The minimum Gasteiger partial charge on any atom is -0.342 e. The van der Waals surface area contributed by atoms with Crippen LogP contribution in [0.4, 0.5) is 5.13 Å². The van der Waals surface area contributed by atoms with Gasteiger partial charge in [-0.2, -0.15) is 0 Å². The van der Waals surface area contributed by atoms with Gasteiger partial charge >= 0.3 is 0 Å². The van der Waals surface area contributed by atoms with E-state index in [1.54, 1.807) is 11.3 Å². The molecule has 1 aromatic rings. The van der Waals surface area contributed by atoms with E-state index >= 15 is 0 Å². The van der Waals surface area contributed by atoms with Crippen LogP contribution < -0.4 is 10.2 Å². The Hall–Kier alpha value is -0.610. The van der Waals surface area contributed by atoms with Gasteiger partial charge in [0.15, 0.2) is 5.13 Å². The van der Waals surface area contributed by atoms with Gasteiger partial charge < -0.3 is 10.2 Å². The fourth-order valence-electron chi connectivity index (χ4n) is 2.57. The molecule has 1 saturated heterocycles. The smallest absolute Gasteiger partial charge is 0.186 e. The van der Waals surface area contributed by atoms with Gasteiger partial charge in [-0.05, 0) is 32.7 Å². The lowest BCUT2D eigenvalue weighted by molar-refractivity contribution is 0.624. The van der Waals surface area contributed by atoms with Gasteiger partial charge in [-0.3, -0.25) is 0 Å². The van der Waals surface area contributed by atoms with E-state index in [9.17, 15) is 0 Å². The molecule has 1 N–H and O–H groups in total. The normalized spacial score (nSPS) is 24.5. The van der Waals surface area contributed by atoms with Gasteiger partial charge in [0, 0.05) is 24.0 Å². The van der Waals surface area contributed by atoms with Crippen molar-refractivity contribution in [3.05, 3.63) is 11.1 Å². The summed E-state index contributed by atoms with van der Waals surface area (Å²) >= 11 is 1.79. The van der Waals surface area contributed by atoms with Gasteiger partial charge in [-0.1, -0.05) is 13.8 Å². The van der Waals surface area contributed by atoms with Gasteiger partial charge in [-0.25, -0.2) is 4.98 Å². The van der Waals surface area contributed by atoms with E-state index in [1.807, 2.05) is 0 Å². The van der Waals surface area contributed by atoms with Crippen molar-refractivity contribution in [3.8, 4) is 0 Å². The van der Waals surface area contributed by atoms with Crippen molar-refractivity contribution >= 4 is 16.5 Å². The first-order valence-corrected chi connectivity index (χ1v) is 7.57. The van der Waals surface area contributed by atoms with Gasteiger partial charge in [0.2, 0.25) is 0 Å². The number of nitrogens with zero attached hydrogens (tertiary/aromatic N) is 2. The predicted molar refractivity (Wildman–Crippen MR) is 74.7 cm³/mol. The second-order valence-electron chi connectivity index (χ2n) is 4.80. The first-order chi connectivity index (χ1) is 8.26. The number of hydrogen-bond donors (Lipinski definition) is 1. The third-order valence-electron chi connectivity index (χ3n) is 3.57. The van der Waals surface area contributed by atoms with Gasteiger partial charge in [0.1, 0.15) is 0 Å². The van der Waals surface area contributed by atoms with Gasteiger partial charge in [-0.15, -0.1) is 11.3 Å². The topological polar surface area (TPSA) is 28.2 Å². The van der Waals surface area contributed by atoms with Crippen LogP contribution in [-0.2, 0) is 6.54 Å². The molecule has 0 spiro atoms. The quantitative estimate of drug-likeness (QED) is 0.874. The number of rotatable bonds is 5. The van der Waals surface area contributed by atoms with Crippen LogP contribution in [0.2, 0.25) is 0 Å². The molecule has 3 nitrogen and oxygen atoms in total. The Morgan fingerprint density at radius 2 is 2.29 bits per heavy atom. The third-order valence-corrected chi connectivity index (χ3v) is 4.48. The molecule has 1 aliphatic heterocycles. The molecule has 17 heavy (non-hydrogen) atoms. The van der Waals surface area contributed by atoms with Crippen LogP contribution in [0.15, 0.2) is 5.38 Å². The molecule has 0 saturated carbocycles. The van der Waals surface area contributed by atoms with Crippen LogP contribution in [0.25, 0.3) is 0 Å². The van der Waals surface area contributed by atoms with E-state index in [0.717, 1.165) is 13.1 Å². The first kappa shape index (κ1) is 12.8. The molecule has 2 heterocycles. The van der Waals surface area contributed by atoms with Crippen molar-refractivity contribution in [1.82, 2.24) is 10.3 Å². The van der Waals surface area contributed by atoms with Crippen LogP contribution in [0.3, 0.4) is 0 Å². The van der Waals surface area contributed by atoms with Crippen LogP contribution in [0.1, 0.15) is 45.7 Å². The SMILES string of the molecule is CCNCc1csc(N2C(C)CCC2CC)n1. The Balaban J connectivity index is 2.07. The molecule has 4 heteroatoms. The van der Waals surface area contributed by atoms with E-state index in [1.165, 1.54) is 30.1 Å². The summed E-state index contributed by atoms with van der Waals surface area (Å²) in [5.41, 5.74) is 1.18. The monoisotopic (exact) mass is 253 g/mol. The fourth-order valence-corrected chi connectivity index (χ4v) is 3.56. The Labute approximate surface area is 108 Å². The molecular weight excluding hydrogens is 230 g/mol. The Kier molecular flexibility index (Phi) is 4.40. The van der Waals surface area contributed by atoms with E-state index in [-0.39, 0.29) is 0 Å². The van der Waals surface area contributed by atoms with E-state index in [4.69, 9.17) is 4.98 Å². The second kappa shape index (κ2) is 5.83. The van der Waals surface area contributed by atoms with E-state index < -0.39 is 0 Å². The first-order valence-electron chi connectivity index (χ1n) is 6.69. The summed E-state index contributed by atoms with van der Waals surface area (Å²) in [6.45, 7) is 8.63. The average Bonchev–Trinajstić information content (AvgIpc) is 2.92. The summed E-state index contributed by atoms with van der Waals surface area (Å²) < 4.78 is 0. The van der Waals surface area contributed by atoms with Gasteiger partial charge in [0.25, 0.3) is 0 Å². The van der Waals surface area contributed by atoms with E-state index in [0.29, 0.717) is 12.1 Å². The zero-order valence-electron chi connectivity index (χ0n) is 11.1. The summed E-state index contributed by atoms with van der Waals surface area (Å²) in [6.07, 6.45) is 3.85. The van der Waals surface area contributed by atoms with Crippen LogP contribution in [0.5, 0.6) is 0 Å². The van der Waals surface area contributed by atoms with Crippen LogP contribution in [0, 0.1) is 0 Å². The van der Waals surface area contributed by atoms with Crippen molar-refractivity contribution in [3.63, 3.8) is 0 Å². The van der Waals surface area contributed by atoms with Crippen LogP contribution >= 0.6 is 11.3 Å². The lowest BCUT2D eigenvalue weighted by Crippen LogP contribution is -2.34. The Morgan fingerprint density at radius 3 is 3.00 bits per heavy atom. The van der Waals surface area contributed by atoms with Crippen molar-refractivity contribution in [2.45, 2.75) is 58.7 Å². The molecule has 0 radical (unpaired) electrons. The number of anilines is 1. The standard InChI is InChI=1S/C13H23N3S/c1-4-12-7-6-10(3)16(12)13-15-11(9-17-13)8-14-5-2/h9-10,12,14H,4-8H2,1-3H3. The maximum absolute atomic E-state index is 4.76. The highest BCUT2D eigenvalue weighted by Gasteiger charge is 2.31. The summed E-state index contributed by atoms with van der Waals surface area (Å²) in [6, 6.07) is 1.35. The maximum Gasteiger partial charge on any atom is 0.186 e. The molecule has 1 aromatic heterocycles. The molecule has 0 aromatic carbocycles.